The molecule has 6 nitrogen and oxygen atoms in total. The first-order valence-electron chi connectivity index (χ1n) is 10.1. The second-order valence-electron chi connectivity index (χ2n) is 7.68. The van der Waals surface area contributed by atoms with Crippen molar-refractivity contribution in [2.75, 3.05) is 49.6 Å². The largest absolute Gasteiger partial charge is 0.378 e. The highest BCUT2D eigenvalue weighted by atomic mass is 16.5. The molecule has 2 fully saturated rings. The van der Waals surface area contributed by atoms with Crippen LogP contribution in [0.15, 0.2) is 42.6 Å². The van der Waals surface area contributed by atoms with Crippen molar-refractivity contribution in [1.82, 2.24) is 9.88 Å². The van der Waals surface area contributed by atoms with Crippen molar-refractivity contribution in [2.45, 2.75) is 19.8 Å². The molecule has 0 aliphatic carbocycles. The van der Waals surface area contributed by atoms with Crippen LogP contribution in [0.3, 0.4) is 0 Å². The van der Waals surface area contributed by atoms with Crippen LogP contribution in [0, 0.1) is 5.92 Å². The number of nitrogens with zero attached hydrogens (tertiary/aromatic N) is 3. The van der Waals surface area contributed by atoms with Gasteiger partial charge in [-0.2, -0.15) is 0 Å². The summed E-state index contributed by atoms with van der Waals surface area (Å²) in [5, 5.41) is 3.36. The van der Waals surface area contributed by atoms with E-state index in [1.54, 1.807) is 17.2 Å². The van der Waals surface area contributed by atoms with Gasteiger partial charge in [0.25, 0.3) is 5.91 Å². The van der Waals surface area contributed by atoms with E-state index in [0.717, 1.165) is 30.4 Å². The minimum Gasteiger partial charge on any atom is -0.378 e. The number of ether oxygens (including phenoxy) is 1. The first-order valence-corrected chi connectivity index (χ1v) is 10.1. The highest BCUT2D eigenvalue weighted by Crippen LogP contribution is 2.25. The van der Waals surface area contributed by atoms with Gasteiger partial charge in [0.05, 0.1) is 25.1 Å². The van der Waals surface area contributed by atoms with Crippen LogP contribution in [-0.4, -0.2) is 55.2 Å². The fraction of sp³-hybridized carbons (Fsp3) is 0.455. The zero-order valence-corrected chi connectivity index (χ0v) is 16.4. The van der Waals surface area contributed by atoms with E-state index >= 15 is 0 Å². The molecule has 1 aromatic heterocycles. The molecule has 0 spiro atoms. The molecule has 28 heavy (non-hydrogen) atoms. The van der Waals surface area contributed by atoms with E-state index in [-0.39, 0.29) is 5.91 Å². The molecule has 148 valence electrons. The molecule has 2 aromatic rings. The van der Waals surface area contributed by atoms with Crippen LogP contribution in [0.2, 0.25) is 0 Å². The molecule has 1 amide bonds. The maximum absolute atomic E-state index is 12.5. The van der Waals surface area contributed by atoms with Gasteiger partial charge in [-0.3, -0.25) is 4.79 Å². The Morgan fingerprint density at radius 3 is 2.32 bits per heavy atom. The molecule has 1 N–H and O–H groups in total. The van der Waals surface area contributed by atoms with Gasteiger partial charge in [-0.1, -0.05) is 6.92 Å². The molecule has 0 atom stereocenters. The smallest absolute Gasteiger partial charge is 0.272 e. The number of piperidine rings is 1. The Hall–Kier alpha value is -2.60. The van der Waals surface area contributed by atoms with Gasteiger partial charge in [-0.25, -0.2) is 4.98 Å². The van der Waals surface area contributed by atoms with Gasteiger partial charge in [0.15, 0.2) is 0 Å². The Bertz CT molecular complexity index is 777. The van der Waals surface area contributed by atoms with Crippen molar-refractivity contribution in [1.29, 1.82) is 0 Å². The van der Waals surface area contributed by atoms with Gasteiger partial charge < -0.3 is 19.9 Å². The molecule has 2 aliphatic rings. The van der Waals surface area contributed by atoms with Crippen molar-refractivity contribution < 1.29 is 9.53 Å². The lowest BCUT2D eigenvalue weighted by atomic mass is 9.99. The molecule has 4 rings (SSSR count). The normalized spacial score (nSPS) is 18.2. The highest BCUT2D eigenvalue weighted by Gasteiger charge is 2.19. The molecule has 6 heteroatoms. The van der Waals surface area contributed by atoms with Crippen molar-refractivity contribution in [3.63, 3.8) is 0 Å². The summed E-state index contributed by atoms with van der Waals surface area (Å²) in [6.07, 6.45) is 4.25. The number of carbonyl (C=O) groups is 1. The summed E-state index contributed by atoms with van der Waals surface area (Å²) in [5.41, 5.74) is 3.64. The van der Waals surface area contributed by atoms with Gasteiger partial charge in [0.1, 0.15) is 5.69 Å². The summed E-state index contributed by atoms with van der Waals surface area (Å²) < 4.78 is 5.30. The van der Waals surface area contributed by atoms with E-state index in [2.05, 4.69) is 46.4 Å². The van der Waals surface area contributed by atoms with Crippen LogP contribution in [0.4, 0.5) is 17.1 Å². The van der Waals surface area contributed by atoms with Crippen LogP contribution in [0.25, 0.3) is 0 Å². The summed E-state index contributed by atoms with van der Waals surface area (Å²) in [6, 6.07) is 12.2. The predicted octanol–water partition coefficient (Wildman–Crippen LogP) is 3.53. The maximum Gasteiger partial charge on any atom is 0.272 e. The lowest BCUT2D eigenvalue weighted by molar-refractivity contribution is 0.0299. The Kier molecular flexibility index (Phi) is 5.76. The molecular weight excluding hydrogens is 352 g/mol. The topological polar surface area (TPSA) is 57.7 Å². The quantitative estimate of drug-likeness (QED) is 0.879. The summed E-state index contributed by atoms with van der Waals surface area (Å²) in [6.45, 7) is 7.05. The second kappa shape index (κ2) is 8.61. The van der Waals surface area contributed by atoms with Crippen LogP contribution < -0.4 is 10.2 Å². The number of carbonyl (C=O) groups excluding carboxylic acids is 1. The predicted molar refractivity (Wildman–Crippen MR) is 111 cm³/mol. The van der Waals surface area contributed by atoms with Crippen molar-refractivity contribution in [3.05, 3.63) is 48.3 Å². The minimum absolute atomic E-state index is 0.0324. The number of pyridine rings is 1. The van der Waals surface area contributed by atoms with E-state index in [4.69, 9.17) is 4.74 Å². The van der Waals surface area contributed by atoms with Crippen molar-refractivity contribution >= 4 is 23.0 Å². The summed E-state index contributed by atoms with van der Waals surface area (Å²) in [7, 11) is 0. The van der Waals surface area contributed by atoms with Gasteiger partial charge in [-0.15, -0.1) is 0 Å². The zero-order chi connectivity index (χ0) is 19.3. The Balaban J connectivity index is 1.35. The summed E-state index contributed by atoms with van der Waals surface area (Å²) in [5.74, 6) is 0.804. The molecular formula is C22H28N4O2. The molecule has 2 saturated heterocycles. The molecule has 2 aliphatic heterocycles. The minimum atomic E-state index is -0.0324. The molecule has 0 unspecified atom stereocenters. The summed E-state index contributed by atoms with van der Waals surface area (Å²) in [4.78, 5) is 21.1. The van der Waals surface area contributed by atoms with Crippen LogP contribution >= 0.6 is 0 Å². The van der Waals surface area contributed by atoms with E-state index in [9.17, 15) is 4.79 Å². The van der Waals surface area contributed by atoms with Gasteiger partial charge in [0, 0.05) is 37.6 Å². The van der Waals surface area contributed by atoms with E-state index in [1.165, 1.54) is 18.5 Å². The number of benzene rings is 1. The average molecular weight is 380 g/mol. The molecule has 1 aromatic carbocycles. The fourth-order valence-corrected chi connectivity index (χ4v) is 3.71. The third-order valence-corrected chi connectivity index (χ3v) is 5.59. The van der Waals surface area contributed by atoms with Gasteiger partial charge in [0.2, 0.25) is 0 Å². The van der Waals surface area contributed by atoms with Crippen LogP contribution in [0.5, 0.6) is 0 Å². The Labute approximate surface area is 166 Å². The second-order valence-corrected chi connectivity index (χ2v) is 7.68. The van der Waals surface area contributed by atoms with Crippen LogP contribution in [-0.2, 0) is 4.74 Å². The molecule has 0 saturated carbocycles. The number of amides is 1. The number of hydrogen-bond acceptors (Lipinski definition) is 5. The number of hydrogen-bond donors (Lipinski definition) is 1. The van der Waals surface area contributed by atoms with E-state index in [1.807, 2.05) is 6.07 Å². The van der Waals surface area contributed by atoms with E-state index < -0.39 is 0 Å². The molecule has 0 bridgehead atoms. The number of anilines is 3. The number of nitrogens with one attached hydrogen (secondary N) is 1. The highest BCUT2D eigenvalue weighted by molar-refractivity contribution is 5.92. The fourth-order valence-electron chi connectivity index (χ4n) is 3.71. The summed E-state index contributed by atoms with van der Waals surface area (Å²) >= 11 is 0. The van der Waals surface area contributed by atoms with Crippen molar-refractivity contribution in [3.8, 4) is 0 Å². The first kappa shape index (κ1) is 18.7. The lowest BCUT2D eigenvalue weighted by Crippen LogP contribution is -2.41. The molecule has 0 radical (unpaired) electrons. The average Bonchev–Trinajstić information content (AvgIpc) is 2.76. The SMILES string of the molecule is CC1CCN(c2ccc(Nc3ccc(C(=O)N4CCOCC4)nc3)cc2)CC1. The number of morpholine rings is 1. The van der Waals surface area contributed by atoms with Crippen LogP contribution in [0.1, 0.15) is 30.3 Å². The van der Waals surface area contributed by atoms with E-state index in [0.29, 0.717) is 32.0 Å². The first-order chi connectivity index (χ1) is 13.7. The Morgan fingerprint density at radius 2 is 1.68 bits per heavy atom. The third-order valence-electron chi connectivity index (χ3n) is 5.59. The zero-order valence-electron chi connectivity index (χ0n) is 16.4. The van der Waals surface area contributed by atoms with Gasteiger partial charge in [-0.05, 0) is 55.2 Å². The maximum atomic E-state index is 12.5. The monoisotopic (exact) mass is 380 g/mol. The Morgan fingerprint density at radius 1 is 1.00 bits per heavy atom. The third kappa shape index (κ3) is 4.44. The van der Waals surface area contributed by atoms with Crippen molar-refractivity contribution in [2.24, 2.45) is 5.92 Å². The van der Waals surface area contributed by atoms with Gasteiger partial charge >= 0.3 is 0 Å². The number of rotatable bonds is 4. The molecule has 3 heterocycles. The standard InChI is InChI=1S/C22H28N4O2/c1-17-8-10-25(11-9-17)20-5-2-18(3-6-20)24-19-4-7-21(23-16-19)22(27)26-12-14-28-15-13-26/h2-7,16-17,24H,8-15H2,1H3. The number of aromatic nitrogens is 1. The lowest BCUT2D eigenvalue weighted by Gasteiger charge is -2.32.